The van der Waals surface area contributed by atoms with E-state index in [4.69, 9.17) is 0 Å². The molecule has 0 aliphatic rings. The molecule has 5 heteroatoms. The van der Waals surface area contributed by atoms with Gasteiger partial charge >= 0.3 is 5.97 Å². The molecule has 0 aliphatic heterocycles. The van der Waals surface area contributed by atoms with E-state index in [1.54, 1.807) is 6.07 Å². The van der Waals surface area contributed by atoms with E-state index < -0.39 is 5.97 Å². The average molecular weight is 232 g/mol. The van der Waals surface area contributed by atoms with Crippen LogP contribution in [-0.2, 0) is 16.0 Å². The Morgan fingerprint density at radius 3 is 2.94 bits per heavy atom. The van der Waals surface area contributed by atoms with Crippen LogP contribution in [0.25, 0.3) is 5.65 Å². The molecule has 2 aromatic heterocycles. The fraction of sp³-hybridized carbons (Fsp3) is 0.250. The number of ether oxygens (including phenoxy) is 1. The molecule has 0 amide bonds. The average Bonchev–Trinajstić information content (AvgIpc) is 2.28. The summed E-state index contributed by atoms with van der Waals surface area (Å²) in [5.74, 6) is -0.408. The molecule has 0 unspecified atom stereocenters. The van der Waals surface area contributed by atoms with Crippen LogP contribution in [0.4, 0.5) is 0 Å². The third-order valence-corrected chi connectivity index (χ3v) is 2.49. The highest BCUT2D eigenvalue weighted by molar-refractivity contribution is 5.71. The Morgan fingerprint density at radius 2 is 2.24 bits per heavy atom. The van der Waals surface area contributed by atoms with Gasteiger partial charge in [0.15, 0.2) is 0 Å². The first-order valence-corrected chi connectivity index (χ1v) is 5.17. The Hall–Kier alpha value is -2.17. The minimum atomic E-state index is -0.408. The number of aryl methyl sites for hydroxylation is 1. The normalized spacial score (nSPS) is 10.5. The predicted octanol–water partition coefficient (Wildman–Crippen LogP) is 0.718. The van der Waals surface area contributed by atoms with Crippen LogP contribution in [0.3, 0.4) is 0 Å². The molecule has 2 heterocycles. The summed E-state index contributed by atoms with van der Waals surface area (Å²) in [7, 11) is 1.31. The fourth-order valence-electron chi connectivity index (χ4n) is 1.67. The van der Waals surface area contributed by atoms with Gasteiger partial charge in [-0.3, -0.25) is 14.0 Å². The molecule has 0 saturated carbocycles. The summed E-state index contributed by atoms with van der Waals surface area (Å²) in [6, 6.07) is 6.74. The van der Waals surface area contributed by atoms with Crippen molar-refractivity contribution in [1.82, 2.24) is 9.38 Å². The maximum atomic E-state index is 11.9. The third kappa shape index (κ3) is 2.18. The smallest absolute Gasteiger partial charge is 0.311 e. The number of fused-ring (bicyclic) bond motifs is 1. The molecule has 0 N–H and O–H groups in total. The monoisotopic (exact) mass is 232 g/mol. The van der Waals surface area contributed by atoms with Gasteiger partial charge in [0.05, 0.1) is 19.2 Å². The minimum absolute atomic E-state index is 0.0101. The van der Waals surface area contributed by atoms with Crippen LogP contribution in [0.2, 0.25) is 0 Å². The number of rotatable bonds is 2. The van der Waals surface area contributed by atoms with Crippen LogP contribution < -0.4 is 5.56 Å². The number of nitrogens with zero attached hydrogens (tertiary/aromatic N) is 2. The molecule has 0 aromatic carbocycles. The molecule has 0 saturated heterocycles. The zero-order valence-corrected chi connectivity index (χ0v) is 9.64. The largest absolute Gasteiger partial charge is 0.469 e. The van der Waals surface area contributed by atoms with Gasteiger partial charge in [0.25, 0.3) is 5.56 Å². The summed E-state index contributed by atoms with van der Waals surface area (Å²) < 4.78 is 6.04. The summed E-state index contributed by atoms with van der Waals surface area (Å²) in [6.07, 6.45) is 0.0101. The first-order chi connectivity index (χ1) is 8.11. The number of aromatic nitrogens is 2. The van der Waals surface area contributed by atoms with E-state index >= 15 is 0 Å². The van der Waals surface area contributed by atoms with Gasteiger partial charge in [0.2, 0.25) is 0 Å². The van der Waals surface area contributed by atoms with Gasteiger partial charge in [-0.25, -0.2) is 4.98 Å². The van der Waals surface area contributed by atoms with Crippen molar-refractivity contribution in [2.75, 3.05) is 7.11 Å². The van der Waals surface area contributed by atoms with E-state index in [-0.39, 0.29) is 12.0 Å². The Kier molecular flexibility index (Phi) is 2.91. The van der Waals surface area contributed by atoms with Crippen LogP contribution in [0.1, 0.15) is 11.4 Å². The minimum Gasteiger partial charge on any atom is -0.469 e. The van der Waals surface area contributed by atoms with Gasteiger partial charge in [-0.15, -0.1) is 0 Å². The Balaban J connectivity index is 2.57. The Morgan fingerprint density at radius 1 is 1.47 bits per heavy atom. The van der Waals surface area contributed by atoms with Gasteiger partial charge in [0, 0.05) is 11.8 Å². The summed E-state index contributed by atoms with van der Waals surface area (Å²) in [5.41, 5.74) is 1.58. The lowest BCUT2D eigenvalue weighted by Crippen LogP contribution is -2.19. The lowest BCUT2D eigenvalue weighted by Gasteiger charge is -2.05. The van der Waals surface area contributed by atoms with Gasteiger partial charge in [-0.1, -0.05) is 6.07 Å². The number of hydrogen-bond acceptors (Lipinski definition) is 4. The first kappa shape index (κ1) is 11.3. The van der Waals surface area contributed by atoms with Crippen LogP contribution >= 0.6 is 0 Å². The molecular formula is C12H12N2O3. The van der Waals surface area contributed by atoms with Gasteiger partial charge in [0.1, 0.15) is 5.65 Å². The molecule has 17 heavy (non-hydrogen) atoms. The van der Waals surface area contributed by atoms with Crippen LogP contribution in [0.5, 0.6) is 0 Å². The van der Waals surface area contributed by atoms with E-state index in [9.17, 15) is 9.59 Å². The predicted molar refractivity (Wildman–Crippen MR) is 61.9 cm³/mol. The van der Waals surface area contributed by atoms with Crippen molar-refractivity contribution < 1.29 is 9.53 Å². The second kappa shape index (κ2) is 4.37. The molecule has 0 radical (unpaired) electrons. The van der Waals surface area contributed by atoms with Crippen molar-refractivity contribution in [3.8, 4) is 0 Å². The van der Waals surface area contributed by atoms with Crippen molar-refractivity contribution >= 4 is 11.6 Å². The van der Waals surface area contributed by atoms with Gasteiger partial charge in [-0.05, 0) is 19.1 Å². The molecule has 0 aliphatic carbocycles. The number of pyridine rings is 1. The topological polar surface area (TPSA) is 60.7 Å². The molecule has 0 atom stereocenters. The second-order valence-corrected chi connectivity index (χ2v) is 3.70. The molecule has 0 bridgehead atoms. The number of methoxy groups -OCH3 is 1. The van der Waals surface area contributed by atoms with Crippen molar-refractivity contribution in [2.45, 2.75) is 13.3 Å². The van der Waals surface area contributed by atoms with E-state index in [1.807, 2.05) is 19.1 Å². The molecular weight excluding hydrogens is 220 g/mol. The number of carbonyl (C=O) groups excluding carboxylic acids is 1. The molecule has 88 valence electrons. The molecule has 2 rings (SSSR count). The van der Waals surface area contributed by atoms with Gasteiger partial charge < -0.3 is 4.74 Å². The maximum Gasteiger partial charge on any atom is 0.311 e. The van der Waals surface area contributed by atoms with Crippen LogP contribution in [-0.4, -0.2) is 22.5 Å². The van der Waals surface area contributed by atoms with Crippen molar-refractivity contribution in [1.29, 1.82) is 0 Å². The standard InChI is InChI=1S/C12H12N2O3/c1-8-4-3-5-10-13-9(7-12(16)17-2)6-11(15)14(8)10/h3-6H,7H2,1-2H3. The van der Waals surface area contributed by atoms with Crippen molar-refractivity contribution in [3.05, 3.63) is 46.0 Å². The lowest BCUT2D eigenvalue weighted by molar-refractivity contribution is -0.139. The van der Waals surface area contributed by atoms with E-state index in [0.717, 1.165) is 5.69 Å². The molecule has 0 fully saturated rings. The molecule has 2 aromatic rings. The summed E-state index contributed by atoms with van der Waals surface area (Å²) in [4.78, 5) is 27.2. The number of hydrogen-bond donors (Lipinski definition) is 0. The third-order valence-electron chi connectivity index (χ3n) is 2.49. The second-order valence-electron chi connectivity index (χ2n) is 3.70. The van der Waals surface area contributed by atoms with E-state index in [2.05, 4.69) is 9.72 Å². The number of carbonyl (C=O) groups is 1. The zero-order chi connectivity index (χ0) is 12.4. The summed E-state index contributed by atoms with van der Waals surface area (Å²) in [5, 5.41) is 0. The highest BCUT2D eigenvalue weighted by Gasteiger charge is 2.08. The zero-order valence-electron chi connectivity index (χ0n) is 9.64. The Bertz CT molecular complexity index is 631. The van der Waals surface area contributed by atoms with Crippen molar-refractivity contribution in [2.24, 2.45) is 0 Å². The molecule has 5 nitrogen and oxygen atoms in total. The first-order valence-electron chi connectivity index (χ1n) is 5.17. The SMILES string of the molecule is COC(=O)Cc1cc(=O)n2c(C)cccc2n1. The lowest BCUT2D eigenvalue weighted by atomic mass is 10.3. The highest BCUT2D eigenvalue weighted by atomic mass is 16.5. The highest BCUT2D eigenvalue weighted by Crippen LogP contribution is 2.03. The summed E-state index contributed by atoms with van der Waals surface area (Å²) in [6.45, 7) is 1.83. The Labute approximate surface area is 97.7 Å². The van der Waals surface area contributed by atoms with Crippen molar-refractivity contribution in [3.63, 3.8) is 0 Å². The summed E-state index contributed by atoms with van der Waals surface area (Å²) >= 11 is 0. The van der Waals surface area contributed by atoms with Crippen LogP contribution in [0, 0.1) is 6.92 Å². The fourth-order valence-corrected chi connectivity index (χ4v) is 1.67. The van der Waals surface area contributed by atoms with E-state index in [1.165, 1.54) is 17.6 Å². The molecule has 0 spiro atoms. The number of esters is 1. The quantitative estimate of drug-likeness (QED) is 0.716. The van der Waals surface area contributed by atoms with Gasteiger partial charge in [-0.2, -0.15) is 0 Å². The van der Waals surface area contributed by atoms with E-state index in [0.29, 0.717) is 11.3 Å². The van der Waals surface area contributed by atoms with Crippen LogP contribution in [0.15, 0.2) is 29.1 Å². The maximum absolute atomic E-state index is 11.9.